The summed E-state index contributed by atoms with van der Waals surface area (Å²) >= 11 is 0. The fourth-order valence-electron chi connectivity index (χ4n) is 3.88. The van der Waals surface area contributed by atoms with Gasteiger partial charge < -0.3 is 15.3 Å². The average molecular weight is 436 g/mol. The standard InChI is InChI=1S/C24H25FN4O3/c1-2-23(30)26-17-7-8-21-18(13-17)19(24(31)32)14-22(27-21)29-11-9-28(10-12-29)15-16-5-3-4-6-20(16)25/h3-8,13-14H,2,9-12,15H2,1H3,(H,26,30)(H,31,32). The van der Waals surface area contributed by atoms with E-state index in [0.29, 0.717) is 54.0 Å². The van der Waals surface area contributed by atoms with Crippen molar-refractivity contribution in [1.29, 1.82) is 0 Å². The van der Waals surface area contributed by atoms with E-state index in [1.165, 1.54) is 6.07 Å². The molecule has 0 spiro atoms. The van der Waals surface area contributed by atoms with E-state index in [0.717, 1.165) is 13.1 Å². The largest absolute Gasteiger partial charge is 0.478 e. The van der Waals surface area contributed by atoms with Crippen molar-refractivity contribution >= 4 is 34.3 Å². The maximum Gasteiger partial charge on any atom is 0.336 e. The predicted octanol–water partition coefficient (Wildman–Crippen LogP) is 3.74. The zero-order valence-electron chi connectivity index (χ0n) is 17.8. The maximum absolute atomic E-state index is 13.9. The lowest BCUT2D eigenvalue weighted by atomic mass is 10.1. The molecule has 0 unspecified atom stereocenters. The first-order valence-corrected chi connectivity index (χ1v) is 10.6. The number of anilines is 2. The second-order valence-corrected chi connectivity index (χ2v) is 7.82. The zero-order valence-corrected chi connectivity index (χ0v) is 17.8. The van der Waals surface area contributed by atoms with Gasteiger partial charge >= 0.3 is 5.97 Å². The summed E-state index contributed by atoms with van der Waals surface area (Å²) in [7, 11) is 0. The van der Waals surface area contributed by atoms with Gasteiger partial charge in [0.05, 0.1) is 11.1 Å². The number of carbonyl (C=O) groups excluding carboxylic acids is 1. The molecule has 1 saturated heterocycles. The number of piperazine rings is 1. The van der Waals surface area contributed by atoms with Gasteiger partial charge in [0.1, 0.15) is 11.6 Å². The molecule has 2 heterocycles. The van der Waals surface area contributed by atoms with Gasteiger partial charge in [-0.25, -0.2) is 14.2 Å². The minimum atomic E-state index is -1.05. The molecule has 1 aliphatic rings. The summed E-state index contributed by atoms with van der Waals surface area (Å²) in [5.41, 5.74) is 1.92. The molecule has 8 heteroatoms. The quantitative estimate of drug-likeness (QED) is 0.612. The Labute approximate surface area is 185 Å². The molecule has 166 valence electrons. The fraction of sp³-hybridized carbons (Fsp3) is 0.292. The highest BCUT2D eigenvalue weighted by Crippen LogP contribution is 2.27. The Bertz CT molecular complexity index is 1160. The van der Waals surface area contributed by atoms with Gasteiger partial charge in [-0.1, -0.05) is 25.1 Å². The van der Waals surface area contributed by atoms with E-state index >= 15 is 0 Å². The second-order valence-electron chi connectivity index (χ2n) is 7.82. The smallest absolute Gasteiger partial charge is 0.336 e. The monoisotopic (exact) mass is 436 g/mol. The Kier molecular flexibility index (Phi) is 6.32. The third-order valence-electron chi connectivity index (χ3n) is 5.68. The van der Waals surface area contributed by atoms with Crippen LogP contribution in [0.5, 0.6) is 0 Å². The van der Waals surface area contributed by atoms with Crippen LogP contribution in [0.2, 0.25) is 0 Å². The number of carboxylic acids is 1. The molecule has 1 aromatic heterocycles. The predicted molar refractivity (Wildman–Crippen MR) is 122 cm³/mol. The minimum absolute atomic E-state index is 0.140. The molecule has 0 saturated carbocycles. The van der Waals surface area contributed by atoms with E-state index in [2.05, 4.69) is 20.1 Å². The summed E-state index contributed by atoms with van der Waals surface area (Å²) in [4.78, 5) is 32.5. The number of fused-ring (bicyclic) bond motifs is 1. The van der Waals surface area contributed by atoms with Crippen LogP contribution in [0, 0.1) is 5.82 Å². The maximum atomic E-state index is 13.9. The molecular formula is C24H25FN4O3. The molecule has 1 aliphatic heterocycles. The van der Waals surface area contributed by atoms with Crippen LogP contribution >= 0.6 is 0 Å². The van der Waals surface area contributed by atoms with Crippen molar-refractivity contribution in [2.75, 3.05) is 36.4 Å². The van der Waals surface area contributed by atoms with Gasteiger partial charge in [0.15, 0.2) is 0 Å². The van der Waals surface area contributed by atoms with Gasteiger partial charge in [0.2, 0.25) is 5.91 Å². The van der Waals surface area contributed by atoms with E-state index < -0.39 is 5.97 Å². The van der Waals surface area contributed by atoms with Crippen LogP contribution in [-0.2, 0) is 11.3 Å². The topological polar surface area (TPSA) is 85.8 Å². The number of nitrogens with zero attached hydrogens (tertiary/aromatic N) is 3. The Morgan fingerprint density at radius 2 is 1.84 bits per heavy atom. The van der Waals surface area contributed by atoms with Gasteiger partial charge in [-0.05, 0) is 30.3 Å². The van der Waals surface area contributed by atoms with E-state index in [-0.39, 0.29) is 17.3 Å². The summed E-state index contributed by atoms with van der Waals surface area (Å²) in [5.74, 6) is -0.785. The van der Waals surface area contributed by atoms with Gasteiger partial charge in [-0.15, -0.1) is 0 Å². The molecule has 1 fully saturated rings. The average Bonchev–Trinajstić information content (AvgIpc) is 2.80. The van der Waals surface area contributed by atoms with Gasteiger partial charge in [0.25, 0.3) is 0 Å². The number of halogens is 1. The molecule has 32 heavy (non-hydrogen) atoms. The molecule has 3 aromatic rings. The number of amides is 1. The fourth-order valence-corrected chi connectivity index (χ4v) is 3.88. The van der Waals surface area contributed by atoms with Crippen LogP contribution < -0.4 is 10.2 Å². The molecule has 0 bridgehead atoms. The number of carbonyl (C=O) groups is 2. The number of rotatable bonds is 6. The van der Waals surface area contributed by atoms with Crippen molar-refractivity contribution in [2.24, 2.45) is 0 Å². The van der Waals surface area contributed by atoms with Crippen molar-refractivity contribution in [1.82, 2.24) is 9.88 Å². The van der Waals surface area contributed by atoms with Crippen LogP contribution in [0.4, 0.5) is 15.9 Å². The number of aromatic carboxylic acids is 1. The highest BCUT2D eigenvalue weighted by molar-refractivity contribution is 6.05. The van der Waals surface area contributed by atoms with E-state index in [4.69, 9.17) is 0 Å². The van der Waals surface area contributed by atoms with Crippen LogP contribution in [0.25, 0.3) is 10.9 Å². The zero-order chi connectivity index (χ0) is 22.7. The first-order chi connectivity index (χ1) is 15.4. The molecule has 2 N–H and O–H groups in total. The van der Waals surface area contributed by atoms with Crippen LogP contribution in [0.15, 0.2) is 48.5 Å². The third kappa shape index (κ3) is 4.70. The molecule has 0 aliphatic carbocycles. The number of hydrogen-bond donors (Lipinski definition) is 2. The number of carboxylic acid groups (broad SMARTS) is 1. The normalized spacial score (nSPS) is 14.5. The highest BCUT2D eigenvalue weighted by atomic mass is 19.1. The first kappa shape index (κ1) is 21.7. The van der Waals surface area contributed by atoms with Crippen molar-refractivity contribution < 1.29 is 19.1 Å². The summed E-state index contributed by atoms with van der Waals surface area (Å²) in [5, 5.41) is 13.0. The Balaban J connectivity index is 1.53. The van der Waals surface area contributed by atoms with Crippen molar-refractivity contribution in [2.45, 2.75) is 19.9 Å². The lowest BCUT2D eigenvalue weighted by Gasteiger charge is -2.35. The van der Waals surface area contributed by atoms with Crippen LogP contribution in [0.3, 0.4) is 0 Å². The molecule has 7 nitrogen and oxygen atoms in total. The SMILES string of the molecule is CCC(=O)Nc1ccc2nc(N3CCN(Cc4ccccc4F)CC3)cc(C(=O)O)c2c1. The van der Waals surface area contributed by atoms with Gasteiger partial charge in [0, 0.05) is 55.8 Å². The van der Waals surface area contributed by atoms with Crippen molar-refractivity contribution in [3.05, 3.63) is 65.5 Å². The molecule has 1 amide bonds. The lowest BCUT2D eigenvalue weighted by molar-refractivity contribution is -0.115. The summed E-state index contributed by atoms with van der Waals surface area (Å²) in [6.07, 6.45) is 0.337. The lowest BCUT2D eigenvalue weighted by Crippen LogP contribution is -2.46. The molecule has 0 radical (unpaired) electrons. The van der Waals surface area contributed by atoms with Gasteiger partial charge in [-0.3, -0.25) is 9.69 Å². The van der Waals surface area contributed by atoms with Crippen molar-refractivity contribution in [3.63, 3.8) is 0 Å². The Morgan fingerprint density at radius 3 is 2.53 bits per heavy atom. The summed E-state index contributed by atoms with van der Waals surface area (Å²) in [6.45, 7) is 5.06. The summed E-state index contributed by atoms with van der Waals surface area (Å²) in [6, 6.07) is 13.5. The first-order valence-electron chi connectivity index (χ1n) is 10.6. The Hall–Kier alpha value is -3.52. The number of benzene rings is 2. The molecule has 4 rings (SSSR count). The van der Waals surface area contributed by atoms with Crippen LogP contribution in [-0.4, -0.2) is 53.0 Å². The van der Waals surface area contributed by atoms with E-state index in [9.17, 15) is 19.1 Å². The van der Waals surface area contributed by atoms with Crippen LogP contribution in [0.1, 0.15) is 29.3 Å². The minimum Gasteiger partial charge on any atom is -0.478 e. The number of pyridine rings is 1. The second kappa shape index (κ2) is 9.32. The molecule has 0 atom stereocenters. The number of nitrogens with one attached hydrogen (secondary N) is 1. The molecule has 2 aromatic carbocycles. The summed E-state index contributed by atoms with van der Waals surface area (Å²) < 4.78 is 13.9. The van der Waals surface area contributed by atoms with E-state index in [1.807, 2.05) is 6.07 Å². The molecular weight excluding hydrogens is 411 g/mol. The van der Waals surface area contributed by atoms with Crippen molar-refractivity contribution in [3.8, 4) is 0 Å². The van der Waals surface area contributed by atoms with E-state index in [1.54, 1.807) is 43.3 Å². The number of aromatic nitrogens is 1. The number of hydrogen-bond acceptors (Lipinski definition) is 5. The van der Waals surface area contributed by atoms with Gasteiger partial charge in [-0.2, -0.15) is 0 Å². The highest BCUT2D eigenvalue weighted by Gasteiger charge is 2.21. The third-order valence-corrected chi connectivity index (χ3v) is 5.68. The Morgan fingerprint density at radius 1 is 1.09 bits per heavy atom.